The third kappa shape index (κ3) is 2.26. The molecule has 17 heavy (non-hydrogen) atoms. The fourth-order valence-corrected chi connectivity index (χ4v) is 1.60. The van der Waals surface area contributed by atoms with E-state index >= 15 is 0 Å². The zero-order valence-electron chi connectivity index (χ0n) is 9.73. The SMILES string of the molecule is CC(C)Nc1nc(C#N)cc2cnc(N)cc12. The number of nitrogens with two attached hydrogens (primary N) is 1. The lowest BCUT2D eigenvalue weighted by molar-refractivity contribution is 0.891. The third-order valence-electron chi connectivity index (χ3n) is 2.28. The molecule has 0 amide bonds. The third-order valence-corrected chi connectivity index (χ3v) is 2.28. The number of nitrogens with zero attached hydrogens (tertiary/aromatic N) is 3. The molecule has 0 aliphatic rings. The Hall–Kier alpha value is -2.35. The summed E-state index contributed by atoms with van der Waals surface area (Å²) in [6.07, 6.45) is 1.65. The van der Waals surface area contributed by atoms with Crippen molar-refractivity contribution in [2.45, 2.75) is 19.9 Å². The van der Waals surface area contributed by atoms with Crippen molar-refractivity contribution in [3.63, 3.8) is 0 Å². The maximum absolute atomic E-state index is 8.92. The first-order valence-electron chi connectivity index (χ1n) is 5.33. The molecule has 86 valence electrons. The van der Waals surface area contributed by atoms with E-state index < -0.39 is 0 Å². The van der Waals surface area contributed by atoms with Gasteiger partial charge >= 0.3 is 0 Å². The molecule has 2 aromatic rings. The number of pyridine rings is 2. The van der Waals surface area contributed by atoms with Gasteiger partial charge in [0, 0.05) is 23.0 Å². The molecule has 0 aliphatic heterocycles. The van der Waals surface area contributed by atoms with Crippen LogP contribution in [0.1, 0.15) is 19.5 Å². The smallest absolute Gasteiger partial charge is 0.143 e. The highest BCUT2D eigenvalue weighted by Crippen LogP contribution is 2.23. The Morgan fingerprint density at radius 2 is 2.18 bits per heavy atom. The first-order valence-corrected chi connectivity index (χ1v) is 5.33. The predicted octanol–water partition coefficient (Wildman–Crippen LogP) is 1.90. The van der Waals surface area contributed by atoms with Gasteiger partial charge < -0.3 is 11.1 Å². The summed E-state index contributed by atoms with van der Waals surface area (Å²) in [6, 6.07) is 5.73. The summed E-state index contributed by atoms with van der Waals surface area (Å²) in [5.74, 6) is 1.11. The zero-order valence-corrected chi connectivity index (χ0v) is 9.73. The summed E-state index contributed by atoms with van der Waals surface area (Å²) in [7, 11) is 0. The van der Waals surface area contributed by atoms with Crippen molar-refractivity contribution in [3.8, 4) is 6.07 Å². The maximum atomic E-state index is 8.92. The van der Waals surface area contributed by atoms with Crippen LogP contribution in [0, 0.1) is 11.3 Å². The minimum Gasteiger partial charge on any atom is -0.384 e. The molecule has 0 atom stereocenters. The molecule has 5 heteroatoms. The topological polar surface area (TPSA) is 87.6 Å². The monoisotopic (exact) mass is 227 g/mol. The Morgan fingerprint density at radius 1 is 1.41 bits per heavy atom. The van der Waals surface area contributed by atoms with Crippen molar-refractivity contribution in [3.05, 3.63) is 24.0 Å². The average molecular weight is 227 g/mol. The van der Waals surface area contributed by atoms with Gasteiger partial charge in [-0.1, -0.05) is 0 Å². The van der Waals surface area contributed by atoms with Crippen LogP contribution in [0.15, 0.2) is 18.3 Å². The van der Waals surface area contributed by atoms with Crippen LogP contribution in [0.4, 0.5) is 11.6 Å². The molecule has 2 aromatic heterocycles. The summed E-state index contributed by atoms with van der Waals surface area (Å²) in [5.41, 5.74) is 6.03. The summed E-state index contributed by atoms with van der Waals surface area (Å²) < 4.78 is 0. The normalized spacial score (nSPS) is 10.5. The molecule has 3 N–H and O–H groups in total. The van der Waals surface area contributed by atoms with Gasteiger partial charge in [0.1, 0.15) is 23.4 Å². The number of aromatic nitrogens is 2. The van der Waals surface area contributed by atoms with Crippen LogP contribution >= 0.6 is 0 Å². The second kappa shape index (κ2) is 4.26. The van der Waals surface area contributed by atoms with Gasteiger partial charge in [-0.3, -0.25) is 0 Å². The molecule has 0 saturated carbocycles. The van der Waals surface area contributed by atoms with Crippen LogP contribution in [-0.4, -0.2) is 16.0 Å². The molecule has 0 bridgehead atoms. The van der Waals surface area contributed by atoms with Gasteiger partial charge in [0.2, 0.25) is 0 Å². The van der Waals surface area contributed by atoms with E-state index in [0.29, 0.717) is 17.3 Å². The molecular formula is C12H13N5. The first-order chi connectivity index (χ1) is 8.10. The Morgan fingerprint density at radius 3 is 2.82 bits per heavy atom. The van der Waals surface area contributed by atoms with Crippen LogP contribution in [0.2, 0.25) is 0 Å². The van der Waals surface area contributed by atoms with Gasteiger partial charge in [-0.15, -0.1) is 0 Å². The van der Waals surface area contributed by atoms with Crippen LogP contribution in [-0.2, 0) is 0 Å². The molecule has 0 radical (unpaired) electrons. The molecule has 0 unspecified atom stereocenters. The number of rotatable bonds is 2. The molecule has 0 fully saturated rings. The van der Waals surface area contributed by atoms with Crippen molar-refractivity contribution in [1.82, 2.24) is 9.97 Å². The van der Waals surface area contributed by atoms with Crippen molar-refractivity contribution < 1.29 is 0 Å². The highest BCUT2D eigenvalue weighted by molar-refractivity contribution is 5.93. The van der Waals surface area contributed by atoms with Crippen LogP contribution < -0.4 is 11.1 Å². The van der Waals surface area contributed by atoms with Gasteiger partial charge in [0.15, 0.2) is 0 Å². The number of fused-ring (bicyclic) bond motifs is 1. The lowest BCUT2D eigenvalue weighted by Crippen LogP contribution is -2.12. The van der Waals surface area contributed by atoms with Crippen molar-refractivity contribution in [1.29, 1.82) is 5.26 Å². The number of nitrogen functional groups attached to an aromatic ring is 1. The Labute approximate surface area is 99.3 Å². The minimum atomic E-state index is 0.231. The average Bonchev–Trinajstić information content (AvgIpc) is 2.28. The van der Waals surface area contributed by atoms with Crippen molar-refractivity contribution in [2.75, 3.05) is 11.1 Å². The van der Waals surface area contributed by atoms with E-state index in [-0.39, 0.29) is 6.04 Å². The van der Waals surface area contributed by atoms with E-state index in [1.165, 1.54) is 0 Å². The maximum Gasteiger partial charge on any atom is 0.143 e. The van der Waals surface area contributed by atoms with Gasteiger partial charge in [0.05, 0.1) is 0 Å². The van der Waals surface area contributed by atoms with E-state index in [2.05, 4.69) is 15.3 Å². The van der Waals surface area contributed by atoms with Gasteiger partial charge in [-0.2, -0.15) is 5.26 Å². The Kier molecular flexibility index (Phi) is 2.79. The lowest BCUT2D eigenvalue weighted by Gasteiger charge is -2.12. The minimum absolute atomic E-state index is 0.231. The van der Waals surface area contributed by atoms with Gasteiger partial charge in [-0.05, 0) is 26.0 Å². The molecule has 0 aliphatic carbocycles. The van der Waals surface area contributed by atoms with Crippen LogP contribution in [0.5, 0.6) is 0 Å². The molecule has 2 rings (SSSR count). The van der Waals surface area contributed by atoms with E-state index in [4.69, 9.17) is 11.0 Å². The van der Waals surface area contributed by atoms with E-state index in [1.54, 1.807) is 18.3 Å². The summed E-state index contributed by atoms with van der Waals surface area (Å²) in [4.78, 5) is 8.26. The van der Waals surface area contributed by atoms with Gasteiger partial charge in [-0.25, -0.2) is 9.97 Å². The molecule has 0 spiro atoms. The summed E-state index contributed by atoms with van der Waals surface area (Å²) in [5, 5.41) is 13.9. The second-order valence-corrected chi connectivity index (χ2v) is 4.10. The Balaban J connectivity index is 2.68. The highest BCUT2D eigenvalue weighted by atomic mass is 15.0. The van der Waals surface area contributed by atoms with Crippen LogP contribution in [0.3, 0.4) is 0 Å². The van der Waals surface area contributed by atoms with Gasteiger partial charge in [0.25, 0.3) is 0 Å². The summed E-state index contributed by atoms with van der Waals surface area (Å²) >= 11 is 0. The molecule has 2 heterocycles. The molecule has 0 saturated heterocycles. The van der Waals surface area contributed by atoms with E-state index in [0.717, 1.165) is 10.8 Å². The van der Waals surface area contributed by atoms with Crippen LogP contribution in [0.25, 0.3) is 10.8 Å². The zero-order chi connectivity index (χ0) is 12.4. The van der Waals surface area contributed by atoms with Crippen molar-refractivity contribution >= 4 is 22.4 Å². The highest BCUT2D eigenvalue weighted by Gasteiger charge is 2.07. The van der Waals surface area contributed by atoms with E-state index in [1.807, 2.05) is 19.9 Å². The quantitative estimate of drug-likeness (QED) is 0.818. The predicted molar refractivity (Wildman–Crippen MR) is 67.4 cm³/mol. The molecule has 5 nitrogen and oxygen atoms in total. The number of nitrogens with one attached hydrogen (secondary N) is 1. The fraction of sp³-hybridized carbons (Fsp3) is 0.250. The van der Waals surface area contributed by atoms with E-state index in [9.17, 15) is 0 Å². The largest absolute Gasteiger partial charge is 0.384 e. The number of hydrogen-bond donors (Lipinski definition) is 2. The number of anilines is 2. The second-order valence-electron chi connectivity index (χ2n) is 4.10. The fourth-order valence-electron chi connectivity index (χ4n) is 1.60. The van der Waals surface area contributed by atoms with Crippen molar-refractivity contribution in [2.24, 2.45) is 0 Å². The standard InChI is InChI=1S/C12H13N5/c1-7(2)16-12-10-4-11(14)15-6-8(10)3-9(5-13)17-12/h3-4,6-7H,1-2H3,(H2,14,15)(H,16,17). The Bertz CT molecular complexity index is 598. The number of hydrogen-bond acceptors (Lipinski definition) is 5. The first kappa shape index (κ1) is 11.1. The molecular weight excluding hydrogens is 214 g/mol. The lowest BCUT2D eigenvalue weighted by atomic mass is 10.1. The summed E-state index contributed by atoms with van der Waals surface area (Å²) in [6.45, 7) is 4.02. The number of nitriles is 1. The molecule has 0 aromatic carbocycles.